The van der Waals surface area contributed by atoms with Crippen molar-refractivity contribution in [3.05, 3.63) is 186 Å². The van der Waals surface area contributed by atoms with E-state index in [1.54, 1.807) is 0 Å². The molecule has 0 radical (unpaired) electrons. The number of nitrogens with zero attached hydrogens (tertiary/aromatic N) is 2. The lowest BCUT2D eigenvalue weighted by molar-refractivity contribution is 0.812. The van der Waals surface area contributed by atoms with Crippen molar-refractivity contribution in [3.63, 3.8) is 0 Å². The van der Waals surface area contributed by atoms with E-state index in [4.69, 9.17) is 0 Å². The molecule has 2 heteroatoms. The Balaban J connectivity index is 1.30. The highest BCUT2D eigenvalue weighted by atomic mass is 15.2. The minimum absolute atomic E-state index is 0.999. The first-order chi connectivity index (χ1) is 24.1. The molecule has 6 aromatic carbocycles. The summed E-state index contributed by atoms with van der Waals surface area (Å²) in [5.74, 6) is 0. The largest absolute Gasteiger partial charge is 0.310 e. The van der Waals surface area contributed by atoms with Gasteiger partial charge in [-0.15, -0.1) is 0 Å². The summed E-state index contributed by atoms with van der Waals surface area (Å²) in [6.07, 6.45) is 13.7. The molecule has 2 nitrogen and oxygen atoms in total. The maximum atomic E-state index is 2.44. The highest BCUT2D eigenvalue weighted by molar-refractivity contribution is 5.99. The van der Waals surface area contributed by atoms with Gasteiger partial charge in [0, 0.05) is 33.8 Å². The number of rotatable bonds is 9. The van der Waals surface area contributed by atoms with Gasteiger partial charge in [-0.05, 0) is 133 Å². The third-order valence-corrected chi connectivity index (χ3v) is 9.48. The Morgan fingerprint density at radius 3 is 1.94 bits per heavy atom. The molecule has 1 aliphatic rings. The third-order valence-electron chi connectivity index (χ3n) is 9.48. The zero-order chi connectivity index (χ0) is 33.6. The highest BCUT2D eigenvalue weighted by Crippen LogP contribution is 2.42. The van der Waals surface area contributed by atoms with Crippen LogP contribution in [0.1, 0.15) is 43.7 Å². The van der Waals surface area contributed by atoms with Crippen LogP contribution in [0, 0.1) is 13.8 Å². The van der Waals surface area contributed by atoms with Gasteiger partial charge < -0.3 is 9.80 Å². The van der Waals surface area contributed by atoms with E-state index in [1.165, 1.54) is 67.8 Å². The molecular formula is C47H44N2. The van der Waals surface area contributed by atoms with Crippen LogP contribution in [0.4, 0.5) is 28.4 Å². The van der Waals surface area contributed by atoms with Gasteiger partial charge in [0.15, 0.2) is 0 Å². The Morgan fingerprint density at radius 1 is 0.633 bits per heavy atom. The molecule has 0 spiro atoms. The molecule has 0 amide bonds. The van der Waals surface area contributed by atoms with Gasteiger partial charge in [0.25, 0.3) is 0 Å². The van der Waals surface area contributed by atoms with Gasteiger partial charge in [-0.1, -0.05) is 110 Å². The van der Waals surface area contributed by atoms with Crippen molar-refractivity contribution >= 4 is 39.2 Å². The monoisotopic (exact) mass is 636 g/mol. The Kier molecular flexibility index (Phi) is 9.57. The molecule has 0 aromatic heterocycles. The SMILES string of the molecule is CC/C=C\C(=C1\C=CCCC1)N(c1ccccc1)c1ccc(-c2ccc(N(c3ccccc3)c3cccc4ccccc34)cc2C)c(C)c1. The van der Waals surface area contributed by atoms with Crippen LogP contribution in [0.3, 0.4) is 0 Å². The van der Waals surface area contributed by atoms with Crippen molar-refractivity contribution in [3.8, 4) is 11.1 Å². The number of hydrogen-bond donors (Lipinski definition) is 0. The molecule has 0 heterocycles. The van der Waals surface area contributed by atoms with Crippen LogP contribution in [0.2, 0.25) is 0 Å². The molecule has 1 aliphatic carbocycles. The molecule has 7 rings (SSSR count). The van der Waals surface area contributed by atoms with Crippen molar-refractivity contribution in [2.45, 2.75) is 46.5 Å². The topological polar surface area (TPSA) is 6.48 Å². The first kappa shape index (κ1) is 32.0. The Labute approximate surface area is 292 Å². The standard InChI is InChI=1S/C47H44N2/c1-4-5-27-46(38-19-9-6-10-20-38)48(39-22-11-7-12-23-39)41-29-31-43(35(2)33-41)44-32-30-42(34-36(44)3)49(40-24-13-8-14-25-40)47-28-17-21-37-18-15-16-26-45(37)47/h5,7-9,11-19,21-34H,4,6,10,20H2,1-3H3/b27-5-,46-38+. The van der Waals surface area contributed by atoms with E-state index in [2.05, 4.69) is 194 Å². The van der Waals surface area contributed by atoms with E-state index in [1.807, 2.05) is 0 Å². The minimum Gasteiger partial charge on any atom is -0.310 e. The van der Waals surface area contributed by atoms with Crippen molar-refractivity contribution in [1.29, 1.82) is 0 Å². The quantitative estimate of drug-likeness (QED) is 0.156. The number of fused-ring (bicyclic) bond motifs is 1. The maximum absolute atomic E-state index is 2.44. The Morgan fingerprint density at radius 2 is 1.27 bits per heavy atom. The summed E-state index contributed by atoms with van der Waals surface area (Å²) in [6, 6.07) is 50.5. The fourth-order valence-electron chi connectivity index (χ4n) is 7.08. The molecule has 0 fully saturated rings. The van der Waals surface area contributed by atoms with Gasteiger partial charge >= 0.3 is 0 Å². The van der Waals surface area contributed by atoms with E-state index >= 15 is 0 Å². The molecule has 0 N–H and O–H groups in total. The van der Waals surface area contributed by atoms with E-state index < -0.39 is 0 Å². The van der Waals surface area contributed by atoms with Crippen molar-refractivity contribution in [2.24, 2.45) is 0 Å². The summed E-state index contributed by atoms with van der Waals surface area (Å²) < 4.78 is 0. The number of aryl methyl sites for hydroxylation is 2. The third kappa shape index (κ3) is 6.73. The van der Waals surface area contributed by atoms with Gasteiger partial charge in [0.2, 0.25) is 0 Å². The molecule has 242 valence electrons. The fraction of sp³-hybridized carbons (Fsp3) is 0.149. The molecule has 0 atom stereocenters. The van der Waals surface area contributed by atoms with Crippen LogP contribution in [-0.2, 0) is 0 Å². The molecule has 6 aromatic rings. The van der Waals surface area contributed by atoms with Crippen LogP contribution in [0.5, 0.6) is 0 Å². The summed E-state index contributed by atoms with van der Waals surface area (Å²) in [4.78, 5) is 4.82. The Bertz CT molecular complexity index is 2150. The second kappa shape index (κ2) is 14.7. The molecule has 0 unspecified atom stereocenters. The van der Waals surface area contributed by atoms with Crippen LogP contribution >= 0.6 is 0 Å². The van der Waals surface area contributed by atoms with E-state index in [9.17, 15) is 0 Å². The van der Waals surface area contributed by atoms with Gasteiger partial charge in [-0.2, -0.15) is 0 Å². The molecule has 0 bridgehead atoms. The second-order valence-electron chi connectivity index (χ2n) is 12.9. The molecule has 49 heavy (non-hydrogen) atoms. The van der Waals surface area contributed by atoms with Crippen molar-refractivity contribution in [1.82, 2.24) is 0 Å². The molecule has 0 saturated heterocycles. The lowest BCUT2D eigenvalue weighted by Crippen LogP contribution is -2.17. The first-order valence-corrected chi connectivity index (χ1v) is 17.6. The van der Waals surface area contributed by atoms with Crippen LogP contribution in [-0.4, -0.2) is 0 Å². The van der Waals surface area contributed by atoms with Crippen molar-refractivity contribution in [2.75, 3.05) is 9.80 Å². The van der Waals surface area contributed by atoms with E-state index in [0.717, 1.165) is 30.6 Å². The lowest BCUT2D eigenvalue weighted by atomic mass is 9.94. The molecule has 0 aliphatic heterocycles. The number of anilines is 5. The fourth-order valence-corrected chi connectivity index (χ4v) is 7.08. The summed E-state index contributed by atoms with van der Waals surface area (Å²) >= 11 is 0. The minimum atomic E-state index is 0.999. The average molecular weight is 637 g/mol. The van der Waals surface area contributed by atoms with Gasteiger partial charge in [-0.3, -0.25) is 0 Å². The van der Waals surface area contributed by atoms with Gasteiger partial charge in [0.1, 0.15) is 0 Å². The van der Waals surface area contributed by atoms with Gasteiger partial charge in [-0.25, -0.2) is 0 Å². The van der Waals surface area contributed by atoms with Crippen molar-refractivity contribution < 1.29 is 0 Å². The normalized spacial score (nSPS) is 13.9. The van der Waals surface area contributed by atoms with E-state index in [-0.39, 0.29) is 0 Å². The summed E-state index contributed by atoms with van der Waals surface area (Å²) in [7, 11) is 0. The summed E-state index contributed by atoms with van der Waals surface area (Å²) in [5, 5.41) is 2.47. The number of allylic oxidation sites excluding steroid dienone is 5. The highest BCUT2D eigenvalue weighted by Gasteiger charge is 2.20. The zero-order valence-corrected chi connectivity index (χ0v) is 28.8. The number of benzene rings is 6. The van der Waals surface area contributed by atoms with Gasteiger partial charge in [0.05, 0.1) is 5.69 Å². The second-order valence-corrected chi connectivity index (χ2v) is 12.9. The summed E-state index contributed by atoms with van der Waals surface area (Å²) in [5.41, 5.74) is 13.5. The van der Waals surface area contributed by atoms with E-state index in [0.29, 0.717) is 0 Å². The predicted molar refractivity (Wildman–Crippen MR) is 212 cm³/mol. The summed E-state index contributed by atoms with van der Waals surface area (Å²) in [6.45, 7) is 6.69. The smallest absolute Gasteiger partial charge is 0.0540 e. The maximum Gasteiger partial charge on any atom is 0.0540 e. The van der Waals surface area contributed by atoms with Crippen LogP contribution in [0.15, 0.2) is 175 Å². The molecule has 0 saturated carbocycles. The number of hydrogen-bond acceptors (Lipinski definition) is 2. The lowest BCUT2D eigenvalue weighted by Gasteiger charge is -2.30. The first-order valence-electron chi connectivity index (χ1n) is 17.6. The van der Waals surface area contributed by atoms with Crippen LogP contribution in [0.25, 0.3) is 21.9 Å². The Hall–Kier alpha value is -5.60. The predicted octanol–water partition coefficient (Wildman–Crippen LogP) is 13.7. The zero-order valence-electron chi connectivity index (χ0n) is 28.8. The molecular weight excluding hydrogens is 593 g/mol. The average Bonchev–Trinajstić information content (AvgIpc) is 3.15. The van der Waals surface area contributed by atoms with Crippen LogP contribution < -0.4 is 9.80 Å². The number of para-hydroxylation sites is 2.